The Kier molecular flexibility index (Phi) is 5.22. The lowest BCUT2D eigenvalue weighted by molar-refractivity contribution is -0.142. The number of hydrogen-bond donors (Lipinski definition) is 1. The fraction of sp³-hybridized carbons (Fsp3) is 0.917. The molecule has 16 heavy (non-hydrogen) atoms. The molecule has 0 spiro atoms. The smallest absolute Gasteiger partial charge is 0.307 e. The van der Waals surface area contributed by atoms with E-state index in [1.165, 1.54) is 7.11 Å². The molecule has 1 rings (SSSR count). The molecule has 0 heterocycles. The summed E-state index contributed by atoms with van der Waals surface area (Å²) in [4.78, 5) is 13.3. The Morgan fingerprint density at radius 3 is 2.69 bits per heavy atom. The molecule has 1 fully saturated rings. The zero-order valence-electron chi connectivity index (χ0n) is 10.5. The number of methoxy groups -OCH3 is 1. The van der Waals surface area contributed by atoms with E-state index in [1.807, 2.05) is 14.0 Å². The second-order valence-corrected chi connectivity index (χ2v) is 4.71. The van der Waals surface area contributed by atoms with Gasteiger partial charge in [0.25, 0.3) is 0 Å². The molecule has 4 nitrogen and oxygen atoms in total. The first-order valence-corrected chi connectivity index (χ1v) is 6.03. The minimum Gasteiger partial charge on any atom is -0.469 e. The average Bonchev–Trinajstić information content (AvgIpc) is 2.28. The van der Waals surface area contributed by atoms with Gasteiger partial charge in [0, 0.05) is 12.1 Å². The molecule has 0 aliphatic heterocycles. The van der Waals surface area contributed by atoms with E-state index in [0.29, 0.717) is 6.42 Å². The van der Waals surface area contributed by atoms with Crippen molar-refractivity contribution in [3.8, 4) is 0 Å². The third-order valence-corrected chi connectivity index (χ3v) is 3.60. The Bertz CT molecular complexity index is 232. The molecule has 0 saturated heterocycles. The molecule has 1 N–H and O–H groups in total. The minimum absolute atomic E-state index is 0.116. The Morgan fingerprint density at radius 2 is 2.12 bits per heavy atom. The van der Waals surface area contributed by atoms with Gasteiger partial charge in [0.2, 0.25) is 0 Å². The second-order valence-electron chi connectivity index (χ2n) is 4.71. The van der Waals surface area contributed by atoms with Crippen molar-refractivity contribution in [3.63, 3.8) is 0 Å². The number of carbonyl (C=O) groups excluding carboxylic acids is 1. The number of esters is 1. The fourth-order valence-corrected chi connectivity index (χ4v) is 2.36. The molecule has 0 amide bonds. The first-order chi connectivity index (χ1) is 7.56. The summed E-state index contributed by atoms with van der Waals surface area (Å²) in [5, 5.41) is 9.92. The van der Waals surface area contributed by atoms with E-state index >= 15 is 0 Å². The molecule has 4 heteroatoms. The Labute approximate surface area is 97.6 Å². The van der Waals surface area contributed by atoms with Crippen LogP contribution in [0.3, 0.4) is 0 Å². The summed E-state index contributed by atoms with van der Waals surface area (Å²) in [5.74, 6) is -0.190. The first kappa shape index (κ1) is 13.5. The molecule has 0 aromatic rings. The topological polar surface area (TPSA) is 49.8 Å². The first-order valence-electron chi connectivity index (χ1n) is 6.03. The predicted octanol–water partition coefficient (Wildman–Crippen LogP) is 1.17. The van der Waals surface area contributed by atoms with E-state index in [-0.39, 0.29) is 24.2 Å². The molecule has 3 unspecified atom stereocenters. The van der Waals surface area contributed by atoms with Gasteiger partial charge < -0.3 is 9.84 Å². The van der Waals surface area contributed by atoms with Gasteiger partial charge in [-0.05, 0) is 26.8 Å². The molecular formula is C12H23NO3. The maximum Gasteiger partial charge on any atom is 0.307 e. The zero-order chi connectivity index (χ0) is 12.1. The van der Waals surface area contributed by atoms with Crippen molar-refractivity contribution >= 4 is 5.97 Å². The fourth-order valence-electron chi connectivity index (χ4n) is 2.36. The maximum atomic E-state index is 11.2. The van der Waals surface area contributed by atoms with Crippen LogP contribution < -0.4 is 0 Å². The zero-order valence-corrected chi connectivity index (χ0v) is 10.5. The minimum atomic E-state index is -0.251. The van der Waals surface area contributed by atoms with Crippen molar-refractivity contribution < 1.29 is 14.6 Å². The number of nitrogens with zero attached hydrogens (tertiary/aromatic N) is 1. The number of ether oxygens (including phenoxy) is 1. The van der Waals surface area contributed by atoms with Crippen LogP contribution in [0.2, 0.25) is 0 Å². The van der Waals surface area contributed by atoms with Crippen LogP contribution in [-0.2, 0) is 9.53 Å². The van der Waals surface area contributed by atoms with Crippen molar-refractivity contribution in [2.45, 2.75) is 57.2 Å². The van der Waals surface area contributed by atoms with Crippen molar-refractivity contribution in [2.75, 3.05) is 14.2 Å². The van der Waals surface area contributed by atoms with Crippen LogP contribution in [0.5, 0.6) is 0 Å². The third-order valence-electron chi connectivity index (χ3n) is 3.60. The lowest BCUT2D eigenvalue weighted by Crippen LogP contribution is -2.47. The van der Waals surface area contributed by atoms with E-state index in [4.69, 9.17) is 0 Å². The normalized spacial score (nSPS) is 27.8. The van der Waals surface area contributed by atoms with Crippen LogP contribution in [0, 0.1) is 0 Å². The third kappa shape index (κ3) is 3.46. The number of likely N-dealkylation sites (N-methyl/N-ethyl adjacent to an activating group) is 1. The van der Waals surface area contributed by atoms with Crippen LogP contribution in [0.1, 0.15) is 39.0 Å². The lowest BCUT2D eigenvalue weighted by Gasteiger charge is -2.38. The summed E-state index contributed by atoms with van der Waals surface area (Å²) >= 11 is 0. The standard InChI is InChI=1S/C12H23NO3/c1-9(8-12(15)16-3)13(2)10-6-4-5-7-11(10)14/h9-11,14H,4-8H2,1-3H3. The van der Waals surface area contributed by atoms with Gasteiger partial charge in [0.15, 0.2) is 0 Å². The SMILES string of the molecule is COC(=O)CC(C)N(C)C1CCCCC1O. The molecule has 1 aliphatic carbocycles. The number of aliphatic hydroxyl groups excluding tert-OH is 1. The van der Waals surface area contributed by atoms with Crippen molar-refractivity contribution in [1.82, 2.24) is 4.90 Å². The summed E-state index contributed by atoms with van der Waals surface area (Å²) in [6.45, 7) is 2.00. The van der Waals surface area contributed by atoms with Crippen LogP contribution >= 0.6 is 0 Å². The van der Waals surface area contributed by atoms with Crippen molar-refractivity contribution in [1.29, 1.82) is 0 Å². The van der Waals surface area contributed by atoms with Gasteiger partial charge in [0.1, 0.15) is 0 Å². The molecule has 0 bridgehead atoms. The Hall–Kier alpha value is -0.610. The van der Waals surface area contributed by atoms with E-state index < -0.39 is 0 Å². The highest BCUT2D eigenvalue weighted by Crippen LogP contribution is 2.24. The quantitative estimate of drug-likeness (QED) is 0.735. The van der Waals surface area contributed by atoms with Gasteiger partial charge in [-0.2, -0.15) is 0 Å². The molecule has 3 atom stereocenters. The number of rotatable bonds is 4. The molecular weight excluding hydrogens is 206 g/mol. The van der Waals surface area contributed by atoms with E-state index in [1.54, 1.807) is 0 Å². The lowest BCUT2D eigenvalue weighted by atomic mass is 9.90. The van der Waals surface area contributed by atoms with Crippen molar-refractivity contribution in [3.05, 3.63) is 0 Å². The summed E-state index contributed by atoms with van der Waals surface area (Å²) in [7, 11) is 3.39. The van der Waals surface area contributed by atoms with E-state index in [0.717, 1.165) is 25.7 Å². The van der Waals surface area contributed by atoms with Gasteiger partial charge in [-0.1, -0.05) is 12.8 Å². The summed E-state index contributed by atoms with van der Waals surface area (Å²) < 4.78 is 4.66. The molecule has 1 aliphatic rings. The van der Waals surface area contributed by atoms with Crippen LogP contribution in [0.4, 0.5) is 0 Å². The van der Waals surface area contributed by atoms with Crippen molar-refractivity contribution in [2.24, 2.45) is 0 Å². The van der Waals surface area contributed by atoms with Gasteiger partial charge in [-0.3, -0.25) is 9.69 Å². The molecule has 1 saturated carbocycles. The molecule has 0 aromatic heterocycles. The van der Waals surface area contributed by atoms with Crippen LogP contribution in [0.25, 0.3) is 0 Å². The van der Waals surface area contributed by atoms with E-state index in [2.05, 4.69) is 9.64 Å². The summed E-state index contributed by atoms with van der Waals surface area (Å²) in [6.07, 6.45) is 4.30. The molecule has 0 aromatic carbocycles. The second kappa shape index (κ2) is 6.21. The Morgan fingerprint density at radius 1 is 1.50 bits per heavy atom. The average molecular weight is 229 g/mol. The number of aliphatic hydroxyl groups is 1. The van der Waals surface area contributed by atoms with Gasteiger partial charge in [-0.25, -0.2) is 0 Å². The van der Waals surface area contributed by atoms with Gasteiger partial charge in [0.05, 0.1) is 19.6 Å². The predicted molar refractivity (Wildman–Crippen MR) is 62.1 cm³/mol. The summed E-state index contributed by atoms with van der Waals surface area (Å²) in [6, 6.07) is 0.304. The highest BCUT2D eigenvalue weighted by atomic mass is 16.5. The summed E-state index contributed by atoms with van der Waals surface area (Å²) in [5.41, 5.74) is 0. The monoisotopic (exact) mass is 229 g/mol. The maximum absolute atomic E-state index is 11.2. The van der Waals surface area contributed by atoms with E-state index in [9.17, 15) is 9.90 Å². The van der Waals surface area contributed by atoms with Gasteiger partial charge >= 0.3 is 5.97 Å². The largest absolute Gasteiger partial charge is 0.469 e. The number of carbonyl (C=O) groups is 1. The van der Waals surface area contributed by atoms with Gasteiger partial charge in [-0.15, -0.1) is 0 Å². The molecule has 0 radical (unpaired) electrons. The highest BCUT2D eigenvalue weighted by molar-refractivity contribution is 5.69. The van der Waals surface area contributed by atoms with Crippen LogP contribution in [-0.4, -0.2) is 48.3 Å². The molecule has 94 valence electrons. The Balaban J connectivity index is 2.47. The highest BCUT2D eigenvalue weighted by Gasteiger charge is 2.29. The van der Waals surface area contributed by atoms with Crippen LogP contribution in [0.15, 0.2) is 0 Å². The number of hydrogen-bond acceptors (Lipinski definition) is 4.